The molecular formula is C6H5ClS2. The average Bonchev–Trinajstić information content (AvgIpc) is 2.15. The van der Waals surface area contributed by atoms with Crippen LogP contribution in [0.15, 0.2) is 32.7 Å². The number of halogens is 1. The van der Waals surface area contributed by atoms with Crippen LogP contribution in [-0.2, 0) is 0 Å². The van der Waals surface area contributed by atoms with Gasteiger partial charge in [0, 0.05) is 10.3 Å². The van der Waals surface area contributed by atoms with Crippen molar-refractivity contribution in [3.05, 3.63) is 27.8 Å². The van der Waals surface area contributed by atoms with Gasteiger partial charge in [0.25, 0.3) is 0 Å². The molecule has 3 heteroatoms. The molecule has 1 rings (SSSR count). The van der Waals surface area contributed by atoms with Gasteiger partial charge in [-0.05, 0) is 11.4 Å². The van der Waals surface area contributed by atoms with Crippen LogP contribution in [0.3, 0.4) is 0 Å². The lowest BCUT2D eigenvalue weighted by atomic mass is 10.7. The molecule has 0 bridgehead atoms. The van der Waals surface area contributed by atoms with E-state index in [-0.39, 0.29) is 0 Å². The summed E-state index contributed by atoms with van der Waals surface area (Å²) in [5.41, 5.74) is 0. The predicted octanol–water partition coefficient (Wildman–Crippen LogP) is 3.55. The molecule has 0 saturated carbocycles. The van der Waals surface area contributed by atoms with Crippen LogP contribution in [0.4, 0.5) is 0 Å². The first kappa shape index (κ1) is 7.19. The Kier molecular flexibility index (Phi) is 2.64. The lowest BCUT2D eigenvalue weighted by Gasteiger charge is -1.88. The molecule has 0 spiro atoms. The van der Waals surface area contributed by atoms with E-state index in [0.717, 1.165) is 0 Å². The molecule has 0 unspecified atom stereocenters. The predicted molar refractivity (Wildman–Crippen MR) is 45.2 cm³/mol. The quantitative estimate of drug-likeness (QED) is 0.622. The molecule has 0 fully saturated rings. The van der Waals surface area contributed by atoms with Gasteiger partial charge in [-0.15, -0.1) is 0 Å². The third-order valence-corrected chi connectivity index (χ3v) is 2.50. The van der Waals surface area contributed by atoms with E-state index in [1.165, 1.54) is 16.7 Å². The van der Waals surface area contributed by atoms with Gasteiger partial charge in [-0.25, -0.2) is 0 Å². The summed E-state index contributed by atoms with van der Waals surface area (Å²) in [6.07, 6.45) is 0. The van der Waals surface area contributed by atoms with Crippen molar-refractivity contribution in [2.24, 2.45) is 0 Å². The Hall–Kier alpha value is 0.0800. The van der Waals surface area contributed by atoms with Crippen molar-refractivity contribution in [2.45, 2.75) is 4.90 Å². The molecule has 1 heterocycles. The van der Waals surface area contributed by atoms with E-state index in [1.54, 1.807) is 11.3 Å². The number of hydrogen-bond acceptors (Lipinski definition) is 2. The number of thioether (sulfide) groups is 1. The lowest BCUT2D eigenvalue weighted by molar-refractivity contribution is 1.61. The summed E-state index contributed by atoms with van der Waals surface area (Å²) in [6, 6.07) is 2.02. The molecule has 0 aliphatic rings. The third kappa shape index (κ3) is 2.43. The lowest BCUT2D eigenvalue weighted by Crippen LogP contribution is -1.56. The Morgan fingerprint density at radius 2 is 2.56 bits per heavy atom. The fourth-order valence-electron chi connectivity index (χ4n) is 0.438. The molecule has 0 radical (unpaired) electrons. The maximum absolute atomic E-state index is 5.54. The molecule has 0 N–H and O–H groups in total. The molecule has 0 aliphatic carbocycles. The molecule has 0 saturated heterocycles. The van der Waals surface area contributed by atoms with E-state index in [0.29, 0.717) is 4.36 Å². The van der Waals surface area contributed by atoms with Crippen molar-refractivity contribution >= 4 is 34.7 Å². The van der Waals surface area contributed by atoms with E-state index in [1.807, 2.05) is 16.8 Å². The molecule has 0 atom stereocenters. The molecule has 48 valence electrons. The second kappa shape index (κ2) is 3.30. The first-order valence-electron chi connectivity index (χ1n) is 2.33. The molecule has 0 nitrogen and oxygen atoms in total. The summed E-state index contributed by atoms with van der Waals surface area (Å²) >= 11 is 8.69. The maximum atomic E-state index is 5.54. The van der Waals surface area contributed by atoms with Crippen LogP contribution in [0, 0.1) is 0 Å². The van der Waals surface area contributed by atoms with Gasteiger partial charge in [-0.1, -0.05) is 29.9 Å². The van der Waals surface area contributed by atoms with E-state index in [9.17, 15) is 0 Å². The minimum absolute atomic E-state index is 0.619. The van der Waals surface area contributed by atoms with Gasteiger partial charge >= 0.3 is 0 Å². The normalized spacial score (nSPS) is 9.44. The van der Waals surface area contributed by atoms with Crippen LogP contribution in [0.25, 0.3) is 0 Å². The SMILES string of the molecule is C=C(Cl)Sc1ccsc1. The zero-order valence-corrected chi connectivity index (χ0v) is 7.02. The summed E-state index contributed by atoms with van der Waals surface area (Å²) in [5, 5.41) is 4.06. The van der Waals surface area contributed by atoms with Crippen LogP contribution < -0.4 is 0 Å². The first-order valence-corrected chi connectivity index (χ1v) is 4.47. The fourth-order valence-corrected chi connectivity index (χ4v) is 2.06. The van der Waals surface area contributed by atoms with Gasteiger partial charge in [-0.3, -0.25) is 0 Å². The zero-order chi connectivity index (χ0) is 6.69. The van der Waals surface area contributed by atoms with E-state index in [2.05, 4.69) is 6.58 Å². The van der Waals surface area contributed by atoms with E-state index >= 15 is 0 Å². The molecule has 9 heavy (non-hydrogen) atoms. The van der Waals surface area contributed by atoms with E-state index < -0.39 is 0 Å². The Bertz CT molecular complexity index is 191. The summed E-state index contributed by atoms with van der Waals surface area (Å²) in [6.45, 7) is 3.56. The van der Waals surface area contributed by atoms with Crippen molar-refractivity contribution < 1.29 is 0 Å². The third-order valence-electron chi connectivity index (χ3n) is 0.724. The monoisotopic (exact) mass is 176 g/mol. The highest BCUT2D eigenvalue weighted by molar-refractivity contribution is 8.04. The van der Waals surface area contributed by atoms with Crippen molar-refractivity contribution in [1.82, 2.24) is 0 Å². The minimum Gasteiger partial charge on any atom is -0.151 e. The number of thiophene rings is 1. The molecule has 0 aliphatic heterocycles. The molecule has 0 amide bonds. The van der Waals surface area contributed by atoms with Gasteiger partial charge in [0.1, 0.15) is 0 Å². The van der Waals surface area contributed by atoms with Gasteiger partial charge in [0.05, 0.1) is 4.36 Å². The number of rotatable bonds is 2. The topological polar surface area (TPSA) is 0 Å². The highest BCUT2D eigenvalue weighted by Crippen LogP contribution is 2.28. The van der Waals surface area contributed by atoms with Crippen molar-refractivity contribution in [3.63, 3.8) is 0 Å². The summed E-state index contributed by atoms with van der Waals surface area (Å²) in [5.74, 6) is 0. The average molecular weight is 177 g/mol. The second-order valence-electron chi connectivity index (χ2n) is 1.42. The highest BCUT2D eigenvalue weighted by Gasteiger charge is 1.92. The first-order chi connectivity index (χ1) is 4.29. The summed E-state index contributed by atoms with van der Waals surface area (Å²) in [4.78, 5) is 1.17. The number of hydrogen-bond donors (Lipinski definition) is 0. The molecule has 1 aromatic heterocycles. The van der Waals surface area contributed by atoms with Crippen molar-refractivity contribution in [2.75, 3.05) is 0 Å². The van der Waals surface area contributed by atoms with Gasteiger partial charge in [0.15, 0.2) is 0 Å². The largest absolute Gasteiger partial charge is 0.151 e. The van der Waals surface area contributed by atoms with Crippen molar-refractivity contribution in [3.8, 4) is 0 Å². The molecular weight excluding hydrogens is 172 g/mol. The van der Waals surface area contributed by atoms with Crippen molar-refractivity contribution in [1.29, 1.82) is 0 Å². The maximum Gasteiger partial charge on any atom is 0.0710 e. The zero-order valence-electron chi connectivity index (χ0n) is 4.63. The van der Waals surface area contributed by atoms with Crippen LogP contribution in [0.2, 0.25) is 0 Å². The minimum atomic E-state index is 0.619. The fraction of sp³-hybridized carbons (Fsp3) is 0. The Morgan fingerprint density at radius 1 is 1.78 bits per heavy atom. The van der Waals surface area contributed by atoms with E-state index in [4.69, 9.17) is 11.6 Å². The Morgan fingerprint density at radius 3 is 3.00 bits per heavy atom. The van der Waals surface area contributed by atoms with Crippen LogP contribution in [0.5, 0.6) is 0 Å². The van der Waals surface area contributed by atoms with Crippen LogP contribution in [0.1, 0.15) is 0 Å². The van der Waals surface area contributed by atoms with Gasteiger partial charge in [0.2, 0.25) is 0 Å². The standard InChI is InChI=1S/C6H5ClS2/c1-5(7)9-6-2-3-8-4-6/h2-4H,1H2. The van der Waals surface area contributed by atoms with Gasteiger partial charge in [-0.2, -0.15) is 11.3 Å². The van der Waals surface area contributed by atoms with Crippen LogP contribution in [-0.4, -0.2) is 0 Å². The van der Waals surface area contributed by atoms with Crippen LogP contribution >= 0.6 is 34.7 Å². The summed E-state index contributed by atoms with van der Waals surface area (Å²) < 4.78 is 0.619. The Balaban J connectivity index is 2.58. The van der Waals surface area contributed by atoms with Gasteiger partial charge < -0.3 is 0 Å². The second-order valence-corrected chi connectivity index (χ2v) is 4.04. The highest BCUT2D eigenvalue weighted by atomic mass is 35.5. The molecule has 0 aromatic carbocycles. The summed E-state index contributed by atoms with van der Waals surface area (Å²) in [7, 11) is 0. The smallest absolute Gasteiger partial charge is 0.0710 e. The Labute approximate surface area is 67.5 Å². The molecule has 1 aromatic rings.